The number of piperazine rings is 2. The van der Waals surface area contributed by atoms with Crippen LogP contribution in [0.5, 0.6) is 0 Å². The minimum Gasteiger partial charge on any atom is -0.303 e. The van der Waals surface area contributed by atoms with Crippen molar-refractivity contribution >= 4 is 0 Å². The van der Waals surface area contributed by atoms with Crippen molar-refractivity contribution in [2.45, 2.75) is 44.3 Å². The predicted octanol–water partition coefficient (Wildman–Crippen LogP) is 0.791. The molecule has 0 aliphatic carbocycles. The highest BCUT2D eigenvalue weighted by molar-refractivity contribution is 4.92. The summed E-state index contributed by atoms with van der Waals surface area (Å²) in [6, 6.07) is 2.28. The van der Waals surface area contributed by atoms with Crippen LogP contribution in [-0.2, 0) is 0 Å². The van der Waals surface area contributed by atoms with Gasteiger partial charge in [-0.3, -0.25) is 14.7 Å². The Morgan fingerprint density at radius 2 is 1.80 bits per heavy atom. The van der Waals surface area contributed by atoms with Crippen LogP contribution in [0.2, 0.25) is 0 Å². The van der Waals surface area contributed by atoms with Crippen molar-refractivity contribution in [2.24, 2.45) is 0 Å². The highest BCUT2D eigenvalue weighted by Crippen LogP contribution is 2.24. The van der Waals surface area contributed by atoms with E-state index in [4.69, 9.17) is 0 Å². The Balaban J connectivity index is 1.58. The van der Waals surface area contributed by atoms with Crippen molar-refractivity contribution in [2.75, 3.05) is 59.9 Å². The van der Waals surface area contributed by atoms with Gasteiger partial charge < -0.3 is 4.90 Å². The van der Waals surface area contributed by atoms with Crippen LogP contribution in [-0.4, -0.2) is 97.6 Å². The van der Waals surface area contributed by atoms with Crippen molar-refractivity contribution in [1.82, 2.24) is 19.6 Å². The van der Waals surface area contributed by atoms with Crippen molar-refractivity contribution in [1.29, 1.82) is 0 Å². The fraction of sp³-hybridized carbons (Fsp3) is 1.00. The fourth-order valence-electron chi connectivity index (χ4n) is 4.24. The number of fused-ring (bicyclic) bond motifs is 1. The normalized spacial score (nSPS) is 38.9. The van der Waals surface area contributed by atoms with Gasteiger partial charge in [-0.2, -0.15) is 0 Å². The molecular formula is C16H32N4. The molecule has 0 bridgehead atoms. The number of piperidine rings is 1. The lowest BCUT2D eigenvalue weighted by Crippen LogP contribution is -2.62. The maximum Gasteiger partial charge on any atom is 0.0347 e. The Labute approximate surface area is 124 Å². The van der Waals surface area contributed by atoms with E-state index in [2.05, 4.69) is 40.6 Å². The maximum absolute atomic E-state index is 2.77. The van der Waals surface area contributed by atoms with E-state index in [0.29, 0.717) is 6.04 Å². The number of hydrogen-bond acceptors (Lipinski definition) is 4. The smallest absolute Gasteiger partial charge is 0.0347 e. The van der Waals surface area contributed by atoms with Crippen molar-refractivity contribution in [3.05, 3.63) is 0 Å². The predicted molar refractivity (Wildman–Crippen MR) is 84.2 cm³/mol. The Kier molecular flexibility index (Phi) is 4.65. The third-order valence-electron chi connectivity index (χ3n) is 5.74. The first kappa shape index (κ1) is 14.8. The van der Waals surface area contributed by atoms with Crippen LogP contribution < -0.4 is 0 Å². The molecule has 3 heterocycles. The summed E-state index contributed by atoms with van der Waals surface area (Å²) in [5, 5.41) is 0. The molecule has 0 spiro atoms. The van der Waals surface area contributed by atoms with E-state index < -0.39 is 0 Å². The minimum atomic E-state index is 0.714. The standard InChI is InChI=1S/C16H32N4/c1-14-10-19-7-5-4-6-15(19)12-20(14)13-16-11-17(2)8-9-18(16)3/h14-16H,4-13H2,1-3H3. The second-order valence-electron chi connectivity index (χ2n) is 7.34. The number of hydrogen-bond donors (Lipinski definition) is 0. The van der Waals surface area contributed by atoms with E-state index in [1.807, 2.05) is 0 Å². The molecule has 3 fully saturated rings. The van der Waals surface area contributed by atoms with Gasteiger partial charge in [-0.15, -0.1) is 0 Å². The molecule has 4 heteroatoms. The first-order valence-corrected chi connectivity index (χ1v) is 8.50. The quantitative estimate of drug-likeness (QED) is 0.741. The molecule has 0 radical (unpaired) electrons. The number of nitrogens with zero attached hydrogens (tertiary/aromatic N) is 4. The van der Waals surface area contributed by atoms with Gasteiger partial charge in [0.05, 0.1) is 0 Å². The lowest BCUT2D eigenvalue weighted by atomic mass is 9.96. The van der Waals surface area contributed by atoms with E-state index in [1.165, 1.54) is 65.1 Å². The molecule has 0 amide bonds. The molecule has 0 N–H and O–H groups in total. The van der Waals surface area contributed by atoms with Gasteiger partial charge in [-0.1, -0.05) is 6.42 Å². The zero-order valence-corrected chi connectivity index (χ0v) is 13.6. The molecule has 3 aliphatic heterocycles. The van der Waals surface area contributed by atoms with Crippen LogP contribution in [0.25, 0.3) is 0 Å². The molecule has 0 aromatic rings. The van der Waals surface area contributed by atoms with Gasteiger partial charge >= 0.3 is 0 Å². The second-order valence-corrected chi connectivity index (χ2v) is 7.34. The van der Waals surface area contributed by atoms with Crippen molar-refractivity contribution in [3.63, 3.8) is 0 Å². The summed E-state index contributed by atoms with van der Waals surface area (Å²) in [6.07, 6.45) is 4.28. The molecule has 3 aliphatic rings. The Bertz CT molecular complexity index is 322. The molecule has 116 valence electrons. The molecule has 0 saturated carbocycles. The maximum atomic E-state index is 2.77. The van der Waals surface area contributed by atoms with Gasteiger partial charge in [0.2, 0.25) is 0 Å². The SMILES string of the molecule is CC1CN2CCCCC2CN1CC1CN(C)CCN1C. The lowest BCUT2D eigenvalue weighted by Gasteiger charge is -2.49. The highest BCUT2D eigenvalue weighted by atomic mass is 15.3. The average molecular weight is 280 g/mol. The van der Waals surface area contributed by atoms with Crippen LogP contribution in [0, 0.1) is 0 Å². The third-order valence-corrected chi connectivity index (χ3v) is 5.74. The van der Waals surface area contributed by atoms with Gasteiger partial charge in [0.1, 0.15) is 0 Å². The van der Waals surface area contributed by atoms with Crippen molar-refractivity contribution in [3.8, 4) is 0 Å². The second kappa shape index (κ2) is 6.30. The van der Waals surface area contributed by atoms with E-state index in [-0.39, 0.29) is 0 Å². The van der Waals surface area contributed by atoms with E-state index >= 15 is 0 Å². The van der Waals surface area contributed by atoms with Crippen LogP contribution in [0.1, 0.15) is 26.2 Å². The lowest BCUT2D eigenvalue weighted by molar-refractivity contribution is -0.00716. The summed E-state index contributed by atoms with van der Waals surface area (Å²) in [6.45, 7) is 11.3. The first-order valence-electron chi connectivity index (χ1n) is 8.50. The molecule has 3 atom stereocenters. The van der Waals surface area contributed by atoms with Crippen molar-refractivity contribution < 1.29 is 0 Å². The minimum absolute atomic E-state index is 0.714. The summed E-state index contributed by atoms with van der Waals surface area (Å²) in [7, 11) is 4.57. The molecule has 0 aromatic carbocycles. The molecular weight excluding hydrogens is 248 g/mol. The first-order chi connectivity index (χ1) is 9.63. The van der Waals surface area contributed by atoms with Gasteiger partial charge in [-0.25, -0.2) is 0 Å². The van der Waals surface area contributed by atoms with Crippen LogP contribution in [0.4, 0.5) is 0 Å². The summed E-state index contributed by atoms with van der Waals surface area (Å²) >= 11 is 0. The van der Waals surface area contributed by atoms with Crippen LogP contribution in [0.15, 0.2) is 0 Å². The molecule has 3 rings (SSSR count). The summed E-state index contributed by atoms with van der Waals surface area (Å²) in [4.78, 5) is 10.6. The van der Waals surface area contributed by atoms with Gasteiger partial charge in [0, 0.05) is 57.4 Å². The Morgan fingerprint density at radius 1 is 0.950 bits per heavy atom. The summed E-state index contributed by atoms with van der Waals surface area (Å²) in [5.74, 6) is 0. The molecule has 4 nitrogen and oxygen atoms in total. The average Bonchev–Trinajstić information content (AvgIpc) is 2.43. The topological polar surface area (TPSA) is 13.0 Å². The Hall–Kier alpha value is -0.160. The molecule has 3 saturated heterocycles. The van der Waals surface area contributed by atoms with E-state index in [0.717, 1.165) is 12.1 Å². The van der Waals surface area contributed by atoms with Crippen LogP contribution in [0.3, 0.4) is 0 Å². The fourth-order valence-corrected chi connectivity index (χ4v) is 4.24. The third kappa shape index (κ3) is 3.19. The number of likely N-dealkylation sites (N-methyl/N-ethyl adjacent to an activating group) is 2. The summed E-state index contributed by atoms with van der Waals surface area (Å²) in [5.41, 5.74) is 0. The Morgan fingerprint density at radius 3 is 2.65 bits per heavy atom. The largest absolute Gasteiger partial charge is 0.303 e. The monoisotopic (exact) mass is 280 g/mol. The van der Waals surface area contributed by atoms with Crippen LogP contribution >= 0.6 is 0 Å². The molecule has 3 unspecified atom stereocenters. The molecule has 20 heavy (non-hydrogen) atoms. The van der Waals surface area contributed by atoms with Gasteiger partial charge in [0.25, 0.3) is 0 Å². The van der Waals surface area contributed by atoms with E-state index in [9.17, 15) is 0 Å². The molecule has 0 aromatic heterocycles. The zero-order valence-electron chi connectivity index (χ0n) is 13.6. The number of rotatable bonds is 2. The highest BCUT2D eigenvalue weighted by Gasteiger charge is 2.35. The summed E-state index contributed by atoms with van der Waals surface area (Å²) < 4.78 is 0. The van der Waals surface area contributed by atoms with E-state index in [1.54, 1.807) is 0 Å². The van der Waals surface area contributed by atoms with Gasteiger partial charge in [-0.05, 0) is 40.4 Å². The zero-order chi connectivity index (χ0) is 14.1. The van der Waals surface area contributed by atoms with Gasteiger partial charge in [0.15, 0.2) is 0 Å².